The van der Waals surface area contributed by atoms with Gasteiger partial charge < -0.3 is 10.1 Å². The number of halogens is 2. The van der Waals surface area contributed by atoms with E-state index in [1.165, 1.54) is 13.2 Å². The number of rotatable bonds is 5. The Morgan fingerprint density at radius 1 is 1.15 bits per heavy atom. The highest BCUT2D eigenvalue weighted by molar-refractivity contribution is 6.31. The largest absolute Gasteiger partial charge is 0.494 e. The fourth-order valence-corrected chi connectivity index (χ4v) is 2.18. The van der Waals surface area contributed by atoms with Crippen molar-refractivity contribution in [2.24, 2.45) is 0 Å². The highest BCUT2D eigenvalue weighted by Gasteiger charge is 2.07. The first-order valence-corrected chi connectivity index (χ1v) is 6.86. The minimum atomic E-state index is -0.367. The van der Waals surface area contributed by atoms with Gasteiger partial charge in [0.05, 0.1) is 7.11 Å². The highest BCUT2D eigenvalue weighted by Crippen LogP contribution is 2.28. The van der Waals surface area contributed by atoms with Gasteiger partial charge in [-0.3, -0.25) is 0 Å². The summed E-state index contributed by atoms with van der Waals surface area (Å²) in [6, 6.07) is 10.6. The third-order valence-corrected chi connectivity index (χ3v) is 3.47. The minimum Gasteiger partial charge on any atom is -0.494 e. The Morgan fingerprint density at radius 2 is 1.85 bits per heavy atom. The van der Waals surface area contributed by atoms with E-state index >= 15 is 0 Å². The van der Waals surface area contributed by atoms with E-state index in [0.29, 0.717) is 11.6 Å². The van der Waals surface area contributed by atoms with Gasteiger partial charge in [0.2, 0.25) is 0 Å². The second-order valence-electron chi connectivity index (χ2n) is 4.44. The fraction of sp³-hybridized carbons (Fsp3) is 0.250. The monoisotopic (exact) mass is 293 g/mol. The van der Waals surface area contributed by atoms with Crippen LogP contribution in [-0.4, -0.2) is 13.7 Å². The zero-order valence-corrected chi connectivity index (χ0v) is 12.3. The van der Waals surface area contributed by atoms with Gasteiger partial charge in [0, 0.05) is 11.6 Å². The van der Waals surface area contributed by atoms with E-state index < -0.39 is 0 Å². The predicted molar refractivity (Wildman–Crippen MR) is 80.8 cm³/mol. The lowest BCUT2D eigenvalue weighted by Crippen LogP contribution is -2.12. The maximum Gasteiger partial charge on any atom is 0.165 e. The number of nitrogens with one attached hydrogen (secondary N) is 1. The Balaban J connectivity index is 2.35. The van der Waals surface area contributed by atoms with Crippen molar-refractivity contribution in [1.82, 2.24) is 5.32 Å². The predicted octanol–water partition coefficient (Wildman–Crippen LogP) is 4.26. The standard InChI is InChI=1S/C16H17ClFNO/c1-3-19-10-13-8-11(4-6-14(13)17)12-5-7-16(20-2)15(18)9-12/h4-9,19H,3,10H2,1-2H3. The van der Waals surface area contributed by atoms with Gasteiger partial charge in [-0.05, 0) is 47.5 Å². The molecule has 0 bridgehead atoms. The van der Waals surface area contributed by atoms with Crippen LogP contribution in [0, 0.1) is 5.82 Å². The second-order valence-corrected chi connectivity index (χ2v) is 4.84. The van der Waals surface area contributed by atoms with E-state index in [9.17, 15) is 4.39 Å². The Kier molecular flexibility index (Phi) is 4.99. The minimum absolute atomic E-state index is 0.246. The van der Waals surface area contributed by atoms with Crippen molar-refractivity contribution >= 4 is 11.6 Å². The Hall–Kier alpha value is -1.58. The molecule has 2 aromatic carbocycles. The first kappa shape index (κ1) is 14.8. The van der Waals surface area contributed by atoms with Crippen LogP contribution in [0.3, 0.4) is 0 Å². The molecule has 0 radical (unpaired) electrons. The molecule has 0 saturated heterocycles. The maximum atomic E-state index is 13.8. The van der Waals surface area contributed by atoms with Crippen LogP contribution in [0.1, 0.15) is 12.5 Å². The second kappa shape index (κ2) is 6.73. The molecular weight excluding hydrogens is 277 g/mol. The molecule has 0 fully saturated rings. The summed E-state index contributed by atoms with van der Waals surface area (Å²) in [5.74, 6) is -0.122. The van der Waals surface area contributed by atoms with Crippen molar-refractivity contribution in [1.29, 1.82) is 0 Å². The molecule has 0 saturated carbocycles. The van der Waals surface area contributed by atoms with E-state index in [0.717, 1.165) is 23.2 Å². The molecule has 0 aliphatic carbocycles. The molecule has 0 atom stereocenters. The maximum absolute atomic E-state index is 13.8. The molecule has 0 spiro atoms. The number of hydrogen-bond donors (Lipinski definition) is 1. The molecule has 1 N–H and O–H groups in total. The van der Waals surface area contributed by atoms with E-state index in [2.05, 4.69) is 5.32 Å². The topological polar surface area (TPSA) is 21.3 Å². The quantitative estimate of drug-likeness (QED) is 0.889. The van der Waals surface area contributed by atoms with Gasteiger partial charge in [-0.25, -0.2) is 4.39 Å². The molecule has 0 aromatic heterocycles. The molecule has 0 aliphatic rings. The van der Waals surface area contributed by atoms with Crippen molar-refractivity contribution in [2.75, 3.05) is 13.7 Å². The van der Waals surface area contributed by atoms with Gasteiger partial charge in [0.1, 0.15) is 0 Å². The van der Waals surface area contributed by atoms with Gasteiger partial charge in [-0.1, -0.05) is 30.7 Å². The molecule has 0 heterocycles. The summed E-state index contributed by atoms with van der Waals surface area (Å²) in [7, 11) is 1.45. The number of ether oxygens (including phenoxy) is 1. The van der Waals surface area contributed by atoms with Gasteiger partial charge in [-0.2, -0.15) is 0 Å². The average Bonchev–Trinajstić information content (AvgIpc) is 2.46. The third-order valence-electron chi connectivity index (χ3n) is 3.10. The van der Waals surface area contributed by atoms with Gasteiger partial charge in [-0.15, -0.1) is 0 Å². The van der Waals surface area contributed by atoms with Crippen LogP contribution in [0.4, 0.5) is 4.39 Å². The lowest BCUT2D eigenvalue weighted by atomic mass is 10.0. The molecule has 4 heteroatoms. The first-order chi connectivity index (χ1) is 9.65. The molecule has 0 unspecified atom stereocenters. The van der Waals surface area contributed by atoms with Crippen molar-refractivity contribution in [3.8, 4) is 16.9 Å². The van der Waals surface area contributed by atoms with Crippen molar-refractivity contribution in [3.63, 3.8) is 0 Å². The van der Waals surface area contributed by atoms with Crippen LogP contribution in [-0.2, 0) is 6.54 Å². The summed E-state index contributed by atoms with van der Waals surface area (Å²) in [5, 5.41) is 3.95. The van der Waals surface area contributed by atoms with Gasteiger partial charge >= 0.3 is 0 Å². The van der Waals surface area contributed by atoms with Crippen molar-refractivity contribution in [3.05, 3.63) is 52.8 Å². The molecule has 2 rings (SSSR count). The van der Waals surface area contributed by atoms with Gasteiger partial charge in [0.25, 0.3) is 0 Å². The zero-order chi connectivity index (χ0) is 14.5. The molecule has 2 nitrogen and oxygen atoms in total. The lowest BCUT2D eigenvalue weighted by molar-refractivity contribution is 0.386. The van der Waals surface area contributed by atoms with E-state index in [-0.39, 0.29) is 11.6 Å². The molecule has 106 valence electrons. The van der Waals surface area contributed by atoms with Gasteiger partial charge in [0.15, 0.2) is 11.6 Å². The highest BCUT2D eigenvalue weighted by atomic mass is 35.5. The van der Waals surface area contributed by atoms with E-state index in [1.807, 2.05) is 31.2 Å². The smallest absolute Gasteiger partial charge is 0.165 e. The van der Waals surface area contributed by atoms with Crippen LogP contribution in [0.15, 0.2) is 36.4 Å². The summed E-state index contributed by atoms with van der Waals surface area (Å²) in [4.78, 5) is 0. The summed E-state index contributed by atoms with van der Waals surface area (Å²) >= 11 is 6.16. The number of hydrogen-bond acceptors (Lipinski definition) is 2. The summed E-state index contributed by atoms with van der Waals surface area (Å²) in [6.45, 7) is 3.61. The van der Waals surface area contributed by atoms with Crippen molar-refractivity contribution in [2.45, 2.75) is 13.5 Å². The zero-order valence-electron chi connectivity index (χ0n) is 11.5. The molecular formula is C16H17ClFNO. The van der Waals surface area contributed by atoms with Crippen LogP contribution in [0.5, 0.6) is 5.75 Å². The fourth-order valence-electron chi connectivity index (χ4n) is 2.00. The first-order valence-electron chi connectivity index (χ1n) is 6.48. The van der Waals surface area contributed by atoms with Crippen molar-refractivity contribution < 1.29 is 9.13 Å². The Labute approximate surface area is 123 Å². The van der Waals surface area contributed by atoms with Crippen LogP contribution < -0.4 is 10.1 Å². The number of methoxy groups -OCH3 is 1. The Morgan fingerprint density at radius 3 is 2.50 bits per heavy atom. The average molecular weight is 294 g/mol. The summed E-state index contributed by atoms with van der Waals surface area (Å²) < 4.78 is 18.7. The number of benzene rings is 2. The molecule has 0 aliphatic heterocycles. The lowest BCUT2D eigenvalue weighted by Gasteiger charge is -2.09. The summed E-state index contributed by atoms with van der Waals surface area (Å²) in [5.41, 5.74) is 2.74. The van der Waals surface area contributed by atoms with Crippen LogP contribution in [0.2, 0.25) is 5.02 Å². The van der Waals surface area contributed by atoms with E-state index in [4.69, 9.17) is 16.3 Å². The van der Waals surface area contributed by atoms with Crippen LogP contribution >= 0.6 is 11.6 Å². The normalized spacial score (nSPS) is 10.6. The third kappa shape index (κ3) is 3.30. The molecule has 2 aromatic rings. The van der Waals surface area contributed by atoms with E-state index in [1.54, 1.807) is 6.07 Å². The molecule has 20 heavy (non-hydrogen) atoms. The van der Waals surface area contributed by atoms with Crippen LogP contribution in [0.25, 0.3) is 11.1 Å². The Bertz CT molecular complexity index is 601. The SMILES string of the molecule is CCNCc1cc(-c2ccc(OC)c(F)c2)ccc1Cl. The summed E-state index contributed by atoms with van der Waals surface area (Å²) in [6.07, 6.45) is 0. The molecule has 0 amide bonds.